The van der Waals surface area contributed by atoms with Gasteiger partial charge in [0.25, 0.3) is 0 Å². The second-order valence-corrected chi connectivity index (χ2v) is 6.11. The van der Waals surface area contributed by atoms with Crippen molar-refractivity contribution in [2.45, 2.75) is 26.3 Å². The fourth-order valence-electron chi connectivity index (χ4n) is 3.12. The minimum Gasteiger partial charge on any atom is -0.496 e. The molecule has 0 bridgehead atoms. The van der Waals surface area contributed by atoms with Crippen LogP contribution in [0.1, 0.15) is 25.3 Å². The van der Waals surface area contributed by atoms with E-state index in [1.807, 2.05) is 19.2 Å². The summed E-state index contributed by atoms with van der Waals surface area (Å²) in [6.07, 6.45) is 2.50. The minimum atomic E-state index is 0. The molecule has 6 nitrogen and oxygen atoms in total. The average Bonchev–Trinajstić information content (AvgIpc) is 2.61. The Labute approximate surface area is 167 Å². The van der Waals surface area contributed by atoms with Crippen LogP contribution in [0.25, 0.3) is 0 Å². The van der Waals surface area contributed by atoms with Gasteiger partial charge in [0.05, 0.1) is 21.3 Å². The molecule has 0 amide bonds. The molecular weight excluding hydrogens is 433 g/mol. The lowest BCUT2D eigenvalue weighted by Gasteiger charge is -2.33. The highest BCUT2D eigenvalue weighted by atomic mass is 127. The van der Waals surface area contributed by atoms with Gasteiger partial charge >= 0.3 is 0 Å². The van der Waals surface area contributed by atoms with E-state index in [-0.39, 0.29) is 24.0 Å². The van der Waals surface area contributed by atoms with Gasteiger partial charge in [-0.3, -0.25) is 4.99 Å². The first kappa shape index (κ1) is 21.7. The van der Waals surface area contributed by atoms with Crippen LogP contribution in [0.15, 0.2) is 17.1 Å². The molecule has 1 N–H and O–H groups in total. The topological polar surface area (TPSA) is 55.3 Å². The van der Waals surface area contributed by atoms with E-state index < -0.39 is 0 Å². The number of hydrogen-bond acceptors (Lipinski definition) is 4. The van der Waals surface area contributed by atoms with Crippen LogP contribution < -0.4 is 19.5 Å². The average molecular weight is 463 g/mol. The number of aliphatic imine (C=N–C) groups is 1. The number of rotatable bonds is 5. The zero-order chi connectivity index (χ0) is 17.5. The first-order valence-electron chi connectivity index (χ1n) is 8.37. The van der Waals surface area contributed by atoms with Crippen molar-refractivity contribution in [2.24, 2.45) is 10.9 Å². The molecule has 0 aliphatic carbocycles. The Morgan fingerprint density at radius 1 is 1.16 bits per heavy atom. The van der Waals surface area contributed by atoms with Crippen molar-refractivity contribution in [3.8, 4) is 17.2 Å². The van der Waals surface area contributed by atoms with Crippen molar-refractivity contribution in [1.29, 1.82) is 0 Å². The van der Waals surface area contributed by atoms with E-state index in [1.54, 1.807) is 21.3 Å². The van der Waals surface area contributed by atoms with Crippen LogP contribution in [0.5, 0.6) is 17.2 Å². The van der Waals surface area contributed by atoms with Gasteiger partial charge in [0.1, 0.15) is 5.75 Å². The molecule has 1 aromatic carbocycles. The molecule has 0 radical (unpaired) electrons. The highest BCUT2D eigenvalue weighted by Gasteiger charge is 2.20. The summed E-state index contributed by atoms with van der Waals surface area (Å²) in [5.74, 6) is 3.75. The molecule has 1 aliphatic heterocycles. The lowest BCUT2D eigenvalue weighted by molar-refractivity contribution is 0.265. The van der Waals surface area contributed by atoms with Crippen molar-refractivity contribution in [3.05, 3.63) is 17.7 Å². The second-order valence-electron chi connectivity index (χ2n) is 6.11. The van der Waals surface area contributed by atoms with Gasteiger partial charge in [-0.25, -0.2) is 0 Å². The van der Waals surface area contributed by atoms with Crippen molar-refractivity contribution < 1.29 is 14.2 Å². The highest BCUT2D eigenvalue weighted by molar-refractivity contribution is 14.0. The first-order valence-corrected chi connectivity index (χ1v) is 8.37. The van der Waals surface area contributed by atoms with Crippen LogP contribution in [-0.2, 0) is 6.54 Å². The van der Waals surface area contributed by atoms with Gasteiger partial charge in [-0.1, -0.05) is 6.92 Å². The minimum absolute atomic E-state index is 0. The summed E-state index contributed by atoms with van der Waals surface area (Å²) in [4.78, 5) is 6.75. The number of nitrogens with zero attached hydrogens (tertiary/aromatic N) is 2. The molecule has 1 fully saturated rings. The number of guanidine groups is 1. The van der Waals surface area contributed by atoms with E-state index >= 15 is 0 Å². The van der Waals surface area contributed by atoms with E-state index in [9.17, 15) is 0 Å². The summed E-state index contributed by atoms with van der Waals surface area (Å²) in [5, 5.41) is 3.44. The number of hydrogen-bond donors (Lipinski definition) is 1. The van der Waals surface area contributed by atoms with Gasteiger partial charge < -0.3 is 24.4 Å². The van der Waals surface area contributed by atoms with Crippen LogP contribution in [-0.4, -0.2) is 52.3 Å². The molecule has 1 aliphatic rings. The summed E-state index contributed by atoms with van der Waals surface area (Å²) in [6.45, 7) is 4.99. The number of ether oxygens (including phenoxy) is 3. The Morgan fingerprint density at radius 3 is 2.36 bits per heavy atom. The predicted octanol–water partition coefficient (Wildman–Crippen LogP) is 3.14. The molecule has 1 unspecified atom stereocenters. The lowest BCUT2D eigenvalue weighted by Crippen LogP contribution is -2.45. The molecule has 1 saturated heterocycles. The maximum absolute atomic E-state index is 5.49. The van der Waals surface area contributed by atoms with Crippen molar-refractivity contribution in [3.63, 3.8) is 0 Å². The fourth-order valence-corrected chi connectivity index (χ4v) is 3.12. The Balaban J connectivity index is 0.00000312. The third-order valence-corrected chi connectivity index (χ3v) is 4.39. The number of nitrogens with one attached hydrogen (secondary N) is 1. The standard InChI is InChI=1S/C18H29N3O3.HI/c1-13-7-6-8-21(12-13)18(19-2)20-11-14-9-16(23-4)17(24-5)10-15(14)22-3;/h9-10,13H,6-8,11-12H2,1-5H3,(H,19,20);1H. The van der Waals surface area contributed by atoms with E-state index in [4.69, 9.17) is 14.2 Å². The molecule has 1 heterocycles. The molecule has 1 atom stereocenters. The van der Waals surface area contributed by atoms with Gasteiger partial charge in [0.2, 0.25) is 0 Å². The fraction of sp³-hybridized carbons (Fsp3) is 0.611. The van der Waals surface area contributed by atoms with Gasteiger partial charge in [0, 0.05) is 38.3 Å². The number of likely N-dealkylation sites (tertiary alicyclic amines) is 1. The Kier molecular flexibility index (Phi) is 9.16. The van der Waals surface area contributed by atoms with E-state index in [0.717, 1.165) is 30.4 Å². The van der Waals surface area contributed by atoms with Gasteiger partial charge in [-0.15, -0.1) is 24.0 Å². The summed E-state index contributed by atoms with van der Waals surface area (Å²) in [5.41, 5.74) is 1.00. The summed E-state index contributed by atoms with van der Waals surface area (Å²) in [6, 6.07) is 3.79. The van der Waals surface area contributed by atoms with Crippen molar-refractivity contribution in [1.82, 2.24) is 10.2 Å². The van der Waals surface area contributed by atoms with E-state index in [2.05, 4.69) is 22.1 Å². The van der Waals surface area contributed by atoms with E-state index in [0.29, 0.717) is 24.0 Å². The number of methoxy groups -OCH3 is 3. The van der Waals surface area contributed by atoms with Crippen LogP contribution in [0, 0.1) is 5.92 Å². The molecule has 7 heteroatoms. The van der Waals surface area contributed by atoms with Crippen LogP contribution >= 0.6 is 24.0 Å². The lowest BCUT2D eigenvalue weighted by atomic mass is 10.0. The molecule has 25 heavy (non-hydrogen) atoms. The number of piperidine rings is 1. The smallest absolute Gasteiger partial charge is 0.193 e. The van der Waals surface area contributed by atoms with Gasteiger partial charge in [-0.2, -0.15) is 0 Å². The van der Waals surface area contributed by atoms with E-state index in [1.165, 1.54) is 12.8 Å². The largest absolute Gasteiger partial charge is 0.496 e. The first-order chi connectivity index (χ1) is 11.6. The van der Waals surface area contributed by atoms with Crippen molar-refractivity contribution in [2.75, 3.05) is 41.5 Å². The zero-order valence-electron chi connectivity index (χ0n) is 15.8. The van der Waals surface area contributed by atoms with Crippen LogP contribution in [0.3, 0.4) is 0 Å². The van der Waals surface area contributed by atoms with Gasteiger partial charge in [-0.05, 0) is 24.8 Å². The molecule has 0 aromatic heterocycles. The quantitative estimate of drug-likeness (QED) is 0.413. The monoisotopic (exact) mass is 463 g/mol. The highest BCUT2D eigenvalue weighted by Crippen LogP contribution is 2.34. The number of halogens is 1. The summed E-state index contributed by atoms with van der Waals surface area (Å²) in [7, 11) is 6.74. The third kappa shape index (κ3) is 5.55. The summed E-state index contributed by atoms with van der Waals surface area (Å²) >= 11 is 0. The second kappa shape index (κ2) is 10.6. The predicted molar refractivity (Wildman–Crippen MR) is 112 cm³/mol. The Hall–Kier alpha value is -1.38. The number of benzene rings is 1. The maximum atomic E-state index is 5.49. The molecule has 142 valence electrons. The Bertz CT molecular complexity index is 581. The third-order valence-electron chi connectivity index (χ3n) is 4.39. The Morgan fingerprint density at radius 2 is 1.80 bits per heavy atom. The molecule has 1 aromatic rings. The molecule has 0 saturated carbocycles. The normalized spacial score (nSPS) is 17.6. The zero-order valence-corrected chi connectivity index (χ0v) is 18.1. The molecule has 2 rings (SSSR count). The molecular formula is C18H30IN3O3. The molecule has 0 spiro atoms. The summed E-state index contributed by atoms with van der Waals surface area (Å²) < 4.78 is 16.2. The SMILES string of the molecule is CN=C(NCc1cc(OC)c(OC)cc1OC)N1CCCC(C)C1.I. The van der Waals surface area contributed by atoms with Crippen LogP contribution in [0.4, 0.5) is 0 Å². The van der Waals surface area contributed by atoms with Crippen LogP contribution in [0.2, 0.25) is 0 Å². The van der Waals surface area contributed by atoms with Crippen molar-refractivity contribution >= 4 is 29.9 Å². The maximum Gasteiger partial charge on any atom is 0.193 e. The van der Waals surface area contributed by atoms with Gasteiger partial charge in [0.15, 0.2) is 17.5 Å².